The highest BCUT2D eigenvalue weighted by molar-refractivity contribution is 7.14. The standard InChI is InChI=1S/C13H14N4OS/c14-11-7-19-13(16-11)17-15-6-9-2-1-3-10(12(9)18)8-4-5-8/h1-3,6-8,18H,4-5,14H2,(H,16,17). The van der Waals surface area contributed by atoms with Gasteiger partial charge in [0.1, 0.15) is 11.6 Å². The Bertz CT molecular complexity index is 619. The first-order chi connectivity index (χ1) is 9.24. The van der Waals surface area contributed by atoms with Crippen molar-refractivity contribution in [3.05, 3.63) is 34.7 Å². The summed E-state index contributed by atoms with van der Waals surface area (Å²) in [6.07, 6.45) is 3.91. The topological polar surface area (TPSA) is 83.5 Å². The van der Waals surface area contributed by atoms with Gasteiger partial charge in [0, 0.05) is 10.9 Å². The first kappa shape index (κ1) is 12.0. The number of nitrogens with two attached hydrogens (primary N) is 1. The predicted octanol–water partition coefficient (Wildman–Crippen LogP) is 2.75. The van der Waals surface area contributed by atoms with Crippen molar-refractivity contribution in [3.63, 3.8) is 0 Å². The lowest BCUT2D eigenvalue weighted by molar-refractivity contribution is 0.467. The van der Waals surface area contributed by atoms with Crippen molar-refractivity contribution in [2.24, 2.45) is 5.10 Å². The van der Waals surface area contributed by atoms with Gasteiger partial charge in [0.15, 0.2) is 0 Å². The van der Waals surface area contributed by atoms with E-state index in [1.165, 1.54) is 11.3 Å². The SMILES string of the molecule is Nc1csc(NN=Cc2cccc(C3CC3)c2O)n1. The van der Waals surface area contributed by atoms with Crippen LogP contribution >= 0.6 is 11.3 Å². The average Bonchev–Trinajstić information content (AvgIpc) is 3.15. The van der Waals surface area contributed by atoms with Crippen LogP contribution in [-0.2, 0) is 0 Å². The number of anilines is 2. The van der Waals surface area contributed by atoms with Gasteiger partial charge in [-0.05, 0) is 30.4 Å². The molecule has 1 aromatic heterocycles. The first-order valence-corrected chi connectivity index (χ1v) is 6.94. The molecule has 6 heteroatoms. The van der Waals surface area contributed by atoms with E-state index in [4.69, 9.17) is 5.73 Å². The number of aromatic nitrogens is 1. The maximum absolute atomic E-state index is 10.1. The van der Waals surface area contributed by atoms with Crippen LogP contribution < -0.4 is 11.2 Å². The minimum Gasteiger partial charge on any atom is -0.507 e. The van der Waals surface area contributed by atoms with Crippen molar-refractivity contribution in [2.75, 3.05) is 11.2 Å². The molecule has 0 radical (unpaired) electrons. The van der Waals surface area contributed by atoms with E-state index in [1.807, 2.05) is 18.2 Å². The van der Waals surface area contributed by atoms with E-state index in [9.17, 15) is 5.11 Å². The van der Waals surface area contributed by atoms with Gasteiger partial charge in [-0.3, -0.25) is 5.43 Å². The van der Waals surface area contributed by atoms with Crippen LogP contribution in [0, 0.1) is 0 Å². The fraction of sp³-hybridized carbons (Fsp3) is 0.231. The maximum Gasteiger partial charge on any atom is 0.205 e. The van der Waals surface area contributed by atoms with E-state index in [-0.39, 0.29) is 0 Å². The lowest BCUT2D eigenvalue weighted by Gasteiger charge is -2.05. The van der Waals surface area contributed by atoms with Crippen molar-refractivity contribution in [1.82, 2.24) is 4.98 Å². The summed E-state index contributed by atoms with van der Waals surface area (Å²) in [7, 11) is 0. The Labute approximate surface area is 114 Å². The molecule has 2 aromatic rings. The number of hydrogen-bond acceptors (Lipinski definition) is 6. The minimum atomic E-state index is 0.328. The molecule has 4 N–H and O–H groups in total. The second kappa shape index (κ2) is 4.89. The largest absolute Gasteiger partial charge is 0.507 e. The molecule has 1 aromatic carbocycles. The molecule has 1 saturated carbocycles. The van der Waals surface area contributed by atoms with Crippen molar-refractivity contribution in [1.29, 1.82) is 0 Å². The van der Waals surface area contributed by atoms with Gasteiger partial charge in [-0.25, -0.2) is 4.98 Å². The zero-order valence-corrected chi connectivity index (χ0v) is 11.0. The molecule has 0 bridgehead atoms. The van der Waals surface area contributed by atoms with Crippen molar-refractivity contribution >= 4 is 28.5 Å². The molecule has 5 nitrogen and oxygen atoms in total. The van der Waals surface area contributed by atoms with Crippen LogP contribution in [0.3, 0.4) is 0 Å². The fourth-order valence-electron chi connectivity index (χ4n) is 1.90. The predicted molar refractivity (Wildman–Crippen MR) is 77.8 cm³/mol. The van der Waals surface area contributed by atoms with Gasteiger partial charge >= 0.3 is 0 Å². The molecule has 1 aliphatic rings. The Morgan fingerprint density at radius 2 is 2.32 bits per heavy atom. The number of thiazole rings is 1. The molecule has 0 unspecified atom stereocenters. The van der Waals surface area contributed by atoms with E-state index < -0.39 is 0 Å². The van der Waals surface area contributed by atoms with Gasteiger partial charge in [-0.15, -0.1) is 11.3 Å². The number of nitrogens with zero attached hydrogens (tertiary/aromatic N) is 2. The Hall–Kier alpha value is -2.08. The van der Waals surface area contributed by atoms with Crippen molar-refractivity contribution in [2.45, 2.75) is 18.8 Å². The zero-order chi connectivity index (χ0) is 13.2. The van der Waals surface area contributed by atoms with Crippen LogP contribution in [0.15, 0.2) is 28.7 Å². The van der Waals surface area contributed by atoms with Crippen LogP contribution in [-0.4, -0.2) is 16.3 Å². The number of hydrogen-bond donors (Lipinski definition) is 3. The van der Waals surface area contributed by atoms with Gasteiger partial charge < -0.3 is 10.8 Å². The van der Waals surface area contributed by atoms with E-state index in [0.29, 0.717) is 28.2 Å². The van der Waals surface area contributed by atoms with Crippen LogP contribution in [0.4, 0.5) is 10.9 Å². The monoisotopic (exact) mass is 274 g/mol. The maximum atomic E-state index is 10.1. The molecule has 0 aliphatic heterocycles. The zero-order valence-electron chi connectivity index (χ0n) is 10.2. The number of benzene rings is 1. The lowest BCUT2D eigenvalue weighted by Crippen LogP contribution is -1.93. The van der Waals surface area contributed by atoms with E-state index >= 15 is 0 Å². The van der Waals surface area contributed by atoms with Crippen LogP contribution in [0.2, 0.25) is 0 Å². The van der Waals surface area contributed by atoms with E-state index in [2.05, 4.69) is 15.5 Å². The normalized spacial score (nSPS) is 14.9. The van der Waals surface area contributed by atoms with Crippen LogP contribution in [0.25, 0.3) is 0 Å². The summed E-state index contributed by atoms with van der Waals surface area (Å²) in [5.41, 5.74) is 10.0. The first-order valence-electron chi connectivity index (χ1n) is 6.06. The molecule has 0 spiro atoms. The number of nitrogen functional groups attached to an aromatic ring is 1. The Kier molecular flexibility index (Phi) is 3.08. The smallest absolute Gasteiger partial charge is 0.205 e. The summed E-state index contributed by atoms with van der Waals surface area (Å²) >= 11 is 1.38. The quantitative estimate of drug-likeness (QED) is 0.591. The minimum absolute atomic E-state index is 0.328. The molecule has 0 saturated heterocycles. The van der Waals surface area contributed by atoms with Crippen LogP contribution in [0.1, 0.15) is 29.9 Å². The van der Waals surface area contributed by atoms with E-state index in [0.717, 1.165) is 18.4 Å². The molecule has 1 fully saturated rings. The molecule has 98 valence electrons. The Morgan fingerprint density at radius 1 is 1.47 bits per heavy atom. The van der Waals surface area contributed by atoms with Crippen LogP contribution in [0.5, 0.6) is 5.75 Å². The number of rotatable bonds is 4. The third-order valence-electron chi connectivity index (χ3n) is 3.00. The molecule has 0 amide bonds. The number of nitrogens with one attached hydrogen (secondary N) is 1. The summed E-state index contributed by atoms with van der Waals surface area (Å²) in [5, 5.41) is 16.6. The third-order valence-corrected chi connectivity index (χ3v) is 3.77. The summed E-state index contributed by atoms with van der Waals surface area (Å²) in [4.78, 5) is 4.03. The molecule has 1 aliphatic carbocycles. The third kappa shape index (κ3) is 2.68. The number of aromatic hydroxyl groups is 1. The molecule has 19 heavy (non-hydrogen) atoms. The van der Waals surface area contributed by atoms with Gasteiger partial charge in [-0.2, -0.15) is 5.10 Å². The number of hydrazone groups is 1. The highest BCUT2D eigenvalue weighted by atomic mass is 32.1. The highest BCUT2D eigenvalue weighted by Gasteiger charge is 2.26. The second-order valence-corrected chi connectivity index (χ2v) is 5.36. The fourth-order valence-corrected chi connectivity index (χ4v) is 2.45. The molecule has 3 rings (SSSR count). The second-order valence-electron chi connectivity index (χ2n) is 4.51. The molecule has 1 heterocycles. The highest BCUT2D eigenvalue weighted by Crippen LogP contribution is 2.44. The van der Waals surface area contributed by atoms with Crippen molar-refractivity contribution in [3.8, 4) is 5.75 Å². The van der Waals surface area contributed by atoms with Gasteiger partial charge in [0.25, 0.3) is 0 Å². The average molecular weight is 274 g/mol. The van der Waals surface area contributed by atoms with E-state index in [1.54, 1.807) is 11.6 Å². The van der Waals surface area contributed by atoms with Gasteiger partial charge in [-0.1, -0.05) is 12.1 Å². The molecule has 0 atom stereocenters. The summed E-state index contributed by atoms with van der Waals surface area (Å²) in [5.74, 6) is 1.32. The number of phenolic OH excluding ortho intramolecular Hbond substituents is 1. The van der Waals surface area contributed by atoms with Gasteiger partial charge in [0.05, 0.1) is 6.21 Å². The molecular formula is C13H14N4OS. The lowest BCUT2D eigenvalue weighted by atomic mass is 10.1. The number of phenols is 1. The summed E-state index contributed by atoms with van der Waals surface area (Å²) < 4.78 is 0. The Balaban J connectivity index is 1.73. The summed E-state index contributed by atoms with van der Waals surface area (Å²) in [6.45, 7) is 0. The van der Waals surface area contributed by atoms with Gasteiger partial charge in [0.2, 0.25) is 5.13 Å². The summed E-state index contributed by atoms with van der Waals surface area (Å²) in [6, 6.07) is 5.75. The van der Waals surface area contributed by atoms with Crippen molar-refractivity contribution < 1.29 is 5.11 Å². The number of para-hydroxylation sites is 1. The molecular weight excluding hydrogens is 260 g/mol. The Morgan fingerprint density at radius 3 is 3.00 bits per heavy atom.